The number of rotatable bonds is 3. The number of sulfonamides is 1. The maximum Gasteiger partial charge on any atom is 0.238 e. The van der Waals surface area contributed by atoms with E-state index in [4.69, 9.17) is 5.14 Å². The van der Waals surface area contributed by atoms with Gasteiger partial charge in [0.2, 0.25) is 16.0 Å². The SMILES string of the molecule is NS(=O)(=O)c1ccc(N2CCN(c3ncc(Br)cn3)CC2)cc1. The zero-order valence-corrected chi connectivity index (χ0v) is 14.7. The molecule has 1 aliphatic rings. The Bertz CT molecular complexity index is 772. The first kappa shape index (κ1) is 16.2. The molecule has 0 saturated carbocycles. The lowest BCUT2D eigenvalue weighted by atomic mass is 10.2. The molecule has 1 aliphatic heterocycles. The first-order chi connectivity index (χ1) is 10.9. The number of nitrogens with zero attached hydrogens (tertiary/aromatic N) is 4. The molecule has 0 unspecified atom stereocenters. The van der Waals surface area contributed by atoms with Gasteiger partial charge in [0, 0.05) is 44.3 Å². The van der Waals surface area contributed by atoms with E-state index in [-0.39, 0.29) is 4.90 Å². The molecule has 7 nitrogen and oxygen atoms in total. The van der Waals surface area contributed by atoms with Gasteiger partial charge in [-0.3, -0.25) is 0 Å². The van der Waals surface area contributed by atoms with E-state index >= 15 is 0 Å². The van der Waals surface area contributed by atoms with E-state index in [9.17, 15) is 8.42 Å². The summed E-state index contributed by atoms with van der Waals surface area (Å²) in [5.74, 6) is 0.720. The van der Waals surface area contributed by atoms with Crippen molar-refractivity contribution >= 4 is 37.6 Å². The Hall–Kier alpha value is -1.71. The number of benzene rings is 1. The maximum atomic E-state index is 11.3. The molecule has 0 aliphatic carbocycles. The van der Waals surface area contributed by atoms with E-state index in [1.807, 2.05) is 0 Å². The van der Waals surface area contributed by atoms with Gasteiger partial charge in [-0.2, -0.15) is 0 Å². The quantitative estimate of drug-likeness (QED) is 0.836. The normalized spacial score (nSPS) is 15.7. The average Bonchev–Trinajstić information content (AvgIpc) is 2.55. The molecule has 0 radical (unpaired) electrons. The van der Waals surface area contributed by atoms with E-state index in [0.29, 0.717) is 0 Å². The Balaban J connectivity index is 1.66. The summed E-state index contributed by atoms with van der Waals surface area (Å²) >= 11 is 3.33. The highest BCUT2D eigenvalue weighted by atomic mass is 79.9. The second-order valence-electron chi connectivity index (χ2n) is 5.21. The topological polar surface area (TPSA) is 92.4 Å². The number of aromatic nitrogens is 2. The second kappa shape index (κ2) is 6.42. The molecule has 0 spiro atoms. The molecule has 23 heavy (non-hydrogen) atoms. The minimum absolute atomic E-state index is 0.128. The summed E-state index contributed by atoms with van der Waals surface area (Å²) in [6, 6.07) is 6.64. The minimum Gasteiger partial charge on any atom is -0.368 e. The molecule has 0 amide bonds. The average molecular weight is 398 g/mol. The molecule has 0 atom stereocenters. The first-order valence-corrected chi connectivity index (χ1v) is 9.38. The minimum atomic E-state index is -3.65. The van der Waals surface area contributed by atoms with Crippen LogP contribution in [0, 0.1) is 0 Å². The third-order valence-electron chi connectivity index (χ3n) is 3.70. The molecule has 9 heteroatoms. The van der Waals surface area contributed by atoms with Crippen LogP contribution in [0.25, 0.3) is 0 Å². The molecule has 1 aromatic heterocycles. The van der Waals surface area contributed by atoms with Crippen molar-refractivity contribution in [2.75, 3.05) is 36.0 Å². The van der Waals surface area contributed by atoms with Gasteiger partial charge in [-0.1, -0.05) is 0 Å². The van der Waals surface area contributed by atoms with Crippen LogP contribution in [0.5, 0.6) is 0 Å². The summed E-state index contributed by atoms with van der Waals surface area (Å²) in [5, 5.41) is 5.11. The highest BCUT2D eigenvalue weighted by Gasteiger charge is 2.19. The van der Waals surface area contributed by atoms with E-state index < -0.39 is 10.0 Å². The Labute approximate surface area is 143 Å². The lowest BCUT2D eigenvalue weighted by molar-refractivity contribution is 0.597. The van der Waals surface area contributed by atoms with Gasteiger partial charge in [0.15, 0.2) is 0 Å². The smallest absolute Gasteiger partial charge is 0.238 e. The van der Waals surface area contributed by atoms with Gasteiger partial charge < -0.3 is 9.80 Å². The van der Waals surface area contributed by atoms with E-state index in [1.165, 1.54) is 12.1 Å². The fourth-order valence-corrected chi connectivity index (χ4v) is 3.20. The third kappa shape index (κ3) is 3.80. The van der Waals surface area contributed by atoms with Gasteiger partial charge in [-0.05, 0) is 40.2 Å². The van der Waals surface area contributed by atoms with Gasteiger partial charge >= 0.3 is 0 Å². The Morgan fingerprint density at radius 1 is 0.957 bits per heavy atom. The molecule has 1 aromatic carbocycles. The van der Waals surface area contributed by atoms with Crippen LogP contribution in [0.1, 0.15) is 0 Å². The van der Waals surface area contributed by atoms with Crippen molar-refractivity contribution in [3.05, 3.63) is 41.1 Å². The van der Waals surface area contributed by atoms with Crippen LogP contribution in [-0.4, -0.2) is 44.6 Å². The standard InChI is InChI=1S/C14H16BrN5O2S/c15-11-9-17-14(18-10-11)20-7-5-19(6-8-20)12-1-3-13(4-2-12)23(16,21)22/h1-4,9-10H,5-8H2,(H2,16,21,22). The number of piperazine rings is 1. The van der Waals surface area contributed by atoms with Crippen molar-refractivity contribution in [3.63, 3.8) is 0 Å². The molecule has 2 heterocycles. The second-order valence-corrected chi connectivity index (χ2v) is 7.69. The molecule has 1 fully saturated rings. The van der Waals surface area contributed by atoms with Crippen LogP contribution in [-0.2, 0) is 10.0 Å². The third-order valence-corrected chi connectivity index (χ3v) is 5.04. The Kier molecular flexibility index (Phi) is 4.51. The summed E-state index contributed by atoms with van der Waals surface area (Å²) in [6.45, 7) is 3.24. The number of primary sulfonamides is 1. The predicted molar refractivity (Wildman–Crippen MR) is 92.0 cm³/mol. The van der Waals surface area contributed by atoms with Gasteiger partial charge in [-0.15, -0.1) is 0 Å². The van der Waals surface area contributed by atoms with Crippen LogP contribution < -0.4 is 14.9 Å². The number of hydrogen-bond acceptors (Lipinski definition) is 6. The molecule has 1 saturated heterocycles. The fraction of sp³-hybridized carbons (Fsp3) is 0.286. The predicted octanol–water partition coefficient (Wildman–Crippen LogP) is 1.21. The van der Waals surface area contributed by atoms with Crippen molar-refractivity contribution in [1.82, 2.24) is 9.97 Å². The molecule has 3 rings (SSSR count). The number of anilines is 2. The summed E-state index contributed by atoms with van der Waals surface area (Å²) in [5.41, 5.74) is 0.980. The number of halogens is 1. The lowest BCUT2D eigenvalue weighted by Gasteiger charge is -2.36. The van der Waals surface area contributed by atoms with Gasteiger partial charge in [0.25, 0.3) is 0 Å². The van der Waals surface area contributed by atoms with E-state index in [2.05, 4.69) is 35.7 Å². The van der Waals surface area contributed by atoms with Crippen LogP contribution in [0.3, 0.4) is 0 Å². The molecule has 0 bridgehead atoms. The number of hydrogen-bond donors (Lipinski definition) is 1. The highest BCUT2D eigenvalue weighted by molar-refractivity contribution is 9.10. The van der Waals surface area contributed by atoms with Crippen LogP contribution in [0.4, 0.5) is 11.6 Å². The van der Waals surface area contributed by atoms with Crippen molar-refractivity contribution in [1.29, 1.82) is 0 Å². The van der Waals surface area contributed by atoms with Crippen molar-refractivity contribution in [3.8, 4) is 0 Å². The monoisotopic (exact) mass is 397 g/mol. The lowest BCUT2D eigenvalue weighted by Crippen LogP contribution is -2.47. The van der Waals surface area contributed by atoms with Crippen molar-refractivity contribution in [2.24, 2.45) is 5.14 Å². The van der Waals surface area contributed by atoms with Gasteiger partial charge in [0.1, 0.15) is 0 Å². The maximum absolute atomic E-state index is 11.3. The summed E-state index contributed by atoms with van der Waals surface area (Å²) in [4.78, 5) is 13.1. The van der Waals surface area contributed by atoms with Crippen LogP contribution >= 0.6 is 15.9 Å². The largest absolute Gasteiger partial charge is 0.368 e. The zero-order valence-electron chi connectivity index (χ0n) is 12.3. The van der Waals surface area contributed by atoms with Crippen molar-refractivity contribution < 1.29 is 8.42 Å². The Morgan fingerprint density at radius 3 is 2.00 bits per heavy atom. The van der Waals surface area contributed by atoms with Gasteiger partial charge in [-0.25, -0.2) is 23.5 Å². The molecular formula is C14H16BrN5O2S. The summed E-state index contributed by atoms with van der Waals surface area (Å²) in [7, 11) is -3.65. The highest BCUT2D eigenvalue weighted by Crippen LogP contribution is 2.20. The first-order valence-electron chi connectivity index (χ1n) is 7.04. The fourth-order valence-electron chi connectivity index (χ4n) is 2.48. The number of nitrogens with two attached hydrogens (primary N) is 1. The molecular weight excluding hydrogens is 382 g/mol. The van der Waals surface area contributed by atoms with Crippen molar-refractivity contribution in [2.45, 2.75) is 4.90 Å². The van der Waals surface area contributed by atoms with Crippen LogP contribution in [0.15, 0.2) is 46.0 Å². The molecule has 2 aromatic rings. The summed E-state index contributed by atoms with van der Waals surface area (Å²) in [6.07, 6.45) is 3.47. The van der Waals surface area contributed by atoms with Gasteiger partial charge in [0.05, 0.1) is 9.37 Å². The Morgan fingerprint density at radius 2 is 1.48 bits per heavy atom. The molecule has 2 N–H and O–H groups in total. The summed E-state index contributed by atoms with van der Waals surface area (Å²) < 4.78 is 23.4. The van der Waals surface area contributed by atoms with Crippen LogP contribution in [0.2, 0.25) is 0 Å². The molecule has 122 valence electrons. The zero-order chi connectivity index (χ0) is 16.4. The van der Waals surface area contributed by atoms with E-state index in [0.717, 1.165) is 42.3 Å². The van der Waals surface area contributed by atoms with E-state index in [1.54, 1.807) is 24.5 Å².